The number of rotatable bonds is 3. The predicted octanol–water partition coefficient (Wildman–Crippen LogP) is 3.93. The fraction of sp³-hybridized carbons (Fsp3) is 0.333. The van der Waals surface area contributed by atoms with Crippen LogP contribution in [-0.2, 0) is 10.0 Å². The molecule has 28 heavy (non-hydrogen) atoms. The second-order valence-corrected chi connectivity index (χ2v) is 10.2. The van der Waals surface area contributed by atoms with Crippen molar-refractivity contribution in [1.29, 1.82) is 0 Å². The van der Waals surface area contributed by atoms with Crippen LogP contribution in [0.5, 0.6) is 0 Å². The van der Waals surface area contributed by atoms with Crippen LogP contribution in [-0.4, -0.2) is 49.5 Å². The molecule has 1 atom stereocenters. The maximum Gasteiger partial charge on any atom is 0.269 e. The lowest BCUT2D eigenvalue weighted by molar-refractivity contribution is 0.231. The van der Waals surface area contributed by atoms with E-state index in [-0.39, 0.29) is 4.90 Å². The van der Waals surface area contributed by atoms with E-state index >= 15 is 0 Å². The van der Waals surface area contributed by atoms with Crippen molar-refractivity contribution in [2.75, 3.05) is 31.1 Å². The SMILES string of the molecule is O=S(=O)(c1ccccc1Br)n1cc(N2CCN3CCCC3C2)c2ccccc21. The molecule has 2 aromatic carbocycles. The van der Waals surface area contributed by atoms with Gasteiger partial charge in [0.05, 0.1) is 11.2 Å². The summed E-state index contributed by atoms with van der Waals surface area (Å²) in [4.78, 5) is 5.21. The minimum Gasteiger partial charge on any atom is -0.367 e. The summed E-state index contributed by atoms with van der Waals surface area (Å²) in [5.74, 6) is 0. The summed E-state index contributed by atoms with van der Waals surface area (Å²) < 4.78 is 28.9. The molecular weight excluding hydrogens is 438 g/mol. The molecule has 1 aromatic heterocycles. The Morgan fingerprint density at radius 1 is 0.964 bits per heavy atom. The van der Waals surface area contributed by atoms with Gasteiger partial charge in [0.25, 0.3) is 10.0 Å². The third-order valence-electron chi connectivity index (χ3n) is 5.96. The zero-order valence-electron chi connectivity index (χ0n) is 15.5. The third-order valence-corrected chi connectivity index (χ3v) is 8.64. The second-order valence-electron chi connectivity index (χ2n) is 7.54. The molecule has 0 N–H and O–H groups in total. The van der Waals surface area contributed by atoms with Gasteiger partial charge in [0.15, 0.2) is 0 Å². The van der Waals surface area contributed by atoms with E-state index in [0.29, 0.717) is 10.5 Å². The Kier molecular flexibility index (Phi) is 4.49. The summed E-state index contributed by atoms with van der Waals surface area (Å²) >= 11 is 3.40. The molecule has 0 radical (unpaired) electrons. The van der Waals surface area contributed by atoms with Crippen molar-refractivity contribution >= 4 is 42.5 Å². The van der Waals surface area contributed by atoms with Crippen LogP contribution in [0.15, 0.2) is 64.1 Å². The number of hydrogen-bond acceptors (Lipinski definition) is 4. The van der Waals surface area contributed by atoms with Crippen molar-refractivity contribution in [2.45, 2.75) is 23.8 Å². The maximum absolute atomic E-state index is 13.5. The normalized spacial score (nSPS) is 20.6. The van der Waals surface area contributed by atoms with Gasteiger partial charge in [-0.15, -0.1) is 0 Å². The summed E-state index contributed by atoms with van der Waals surface area (Å²) in [7, 11) is -3.70. The highest BCUT2D eigenvalue weighted by atomic mass is 79.9. The molecule has 3 heterocycles. The average molecular weight is 460 g/mol. The summed E-state index contributed by atoms with van der Waals surface area (Å²) in [6.07, 6.45) is 4.30. The summed E-state index contributed by atoms with van der Waals surface area (Å²) in [6, 6.07) is 15.4. The molecule has 0 aliphatic carbocycles. The van der Waals surface area contributed by atoms with Gasteiger partial charge in [-0.05, 0) is 53.5 Å². The Labute approximate surface area is 173 Å². The van der Waals surface area contributed by atoms with Gasteiger partial charge in [0.2, 0.25) is 0 Å². The summed E-state index contributed by atoms with van der Waals surface area (Å²) in [6.45, 7) is 4.13. The first-order chi connectivity index (χ1) is 13.6. The van der Waals surface area contributed by atoms with Gasteiger partial charge in [-0.1, -0.05) is 30.3 Å². The second kappa shape index (κ2) is 6.90. The number of fused-ring (bicyclic) bond motifs is 2. The Hall–Kier alpha value is -1.83. The first-order valence-corrected chi connectivity index (χ1v) is 11.9. The van der Waals surface area contributed by atoms with Crippen LogP contribution in [0.2, 0.25) is 0 Å². The number of benzene rings is 2. The largest absolute Gasteiger partial charge is 0.367 e. The van der Waals surface area contributed by atoms with E-state index in [2.05, 4.69) is 25.7 Å². The highest BCUT2D eigenvalue weighted by molar-refractivity contribution is 9.10. The topological polar surface area (TPSA) is 45.6 Å². The zero-order valence-corrected chi connectivity index (χ0v) is 17.9. The molecule has 0 amide bonds. The molecular formula is C21H22BrN3O2S. The van der Waals surface area contributed by atoms with Gasteiger partial charge in [-0.2, -0.15) is 0 Å². The van der Waals surface area contributed by atoms with Crippen LogP contribution < -0.4 is 4.90 Å². The predicted molar refractivity (Wildman–Crippen MR) is 115 cm³/mol. The zero-order chi connectivity index (χ0) is 19.3. The number of anilines is 1. The van der Waals surface area contributed by atoms with E-state index in [1.54, 1.807) is 18.2 Å². The lowest BCUT2D eigenvalue weighted by Crippen LogP contribution is -2.50. The first-order valence-electron chi connectivity index (χ1n) is 9.65. The van der Waals surface area contributed by atoms with E-state index in [1.165, 1.54) is 23.4 Å². The molecule has 2 aliphatic heterocycles. The molecule has 0 bridgehead atoms. The fourth-order valence-electron chi connectivity index (χ4n) is 4.55. The van der Waals surface area contributed by atoms with Gasteiger partial charge in [0, 0.05) is 41.7 Å². The van der Waals surface area contributed by atoms with Crippen molar-refractivity contribution < 1.29 is 8.42 Å². The smallest absolute Gasteiger partial charge is 0.269 e. The molecule has 7 heteroatoms. The van der Waals surface area contributed by atoms with Gasteiger partial charge >= 0.3 is 0 Å². The first kappa shape index (κ1) is 18.2. The van der Waals surface area contributed by atoms with Crippen LogP contribution in [0.1, 0.15) is 12.8 Å². The summed E-state index contributed by atoms with van der Waals surface area (Å²) in [5.41, 5.74) is 1.74. The Morgan fingerprint density at radius 3 is 2.61 bits per heavy atom. The molecule has 2 saturated heterocycles. The Balaban J connectivity index is 1.63. The van der Waals surface area contributed by atoms with E-state index in [4.69, 9.17) is 0 Å². The molecule has 0 spiro atoms. The van der Waals surface area contributed by atoms with Crippen LogP contribution in [0.4, 0.5) is 5.69 Å². The monoisotopic (exact) mass is 459 g/mol. The molecule has 5 rings (SSSR count). The summed E-state index contributed by atoms with van der Waals surface area (Å²) in [5, 5.41) is 0.990. The average Bonchev–Trinajstić information content (AvgIpc) is 3.32. The van der Waals surface area contributed by atoms with Crippen LogP contribution in [0.3, 0.4) is 0 Å². The van der Waals surface area contributed by atoms with E-state index in [1.807, 2.05) is 36.5 Å². The van der Waals surface area contributed by atoms with Gasteiger partial charge in [-0.25, -0.2) is 12.4 Å². The molecule has 2 fully saturated rings. The number of nitrogens with zero attached hydrogens (tertiary/aromatic N) is 3. The highest BCUT2D eigenvalue weighted by Gasteiger charge is 2.32. The number of hydrogen-bond donors (Lipinski definition) is 0. The number of aromatic nitrogens is 1. The minimum absolute atomic E-state index is 0.280. The van der Waals surface area contributed by atoms with Gasteiger partial charge in [0.1, 0.15) is 4.90 Å². The third kappa shape index (κ3) is 2.88. The standard InChI is InChI=1S/C21H22BrN3O2S/c22-18-8-2-4-10-21(18)28(26,27)25-15-20(17-7-1-3-9-19(17)25)24-13-12-23-11-5-6-16(23)14-24/h1-4,7-10,15-16H,5-6,11-14H2. The van der Waals surface area contributed by atoms with Gasteiger partial charge in [-0.3, -0.25) is 4.90 Å². The van der Waals surface area contributed by atoms with Crippen LogP contribution in [0, 0.1) is 0 Å². The van der Waals surface area contributed by atoms with Gasteiger partial charge < -0.3 is 4.90 Å². The van der Waals surface area contributed by atoms with Crippen LogP contribution in [0.25, 0.3) is 10.9 Å². The minimum atomic E-state index is -3.70. The quantitative estimate of drug-likeness (QED) is 0.595. The molecule has 3 aromatic rings. The molecule has 2 aliphatic rings. The van der Waals surface area contributed by atoms with Crippen LogP contribution >= 0.6 is 15.9 Å². The maximum atomic E-state index is 13.5. The van der Waals surface area contributed by atoms with Crippen molar-refractivity contribution in [3.05, 3.63) is 59.2 Å². The lowest BCUT2D eigenvalue weighted by Gasteiger charge is -2.38. The van der Waals surface area contributed by atoms with Crippen molar-refractivity contribution in [2.24, 2.45) is 0 Å². The van der Waals surface area contributed by atoms with E-state index in [0.717, 1.165) is 36.2 Å². The van der Waals surface area contributed by atoms with Crippen molar-refractivity contribution in [3.63, 3.8) is 0 Å². The number of para-hydroxylation sites is 1. The Morgan fingerprint density at radius 2 is 1.75 bits per heavy atom. The van der Waals surface area contributed by atoms with E-state index in [9.17, 15) is 8.42 Å². The number of halogens is 1. The molecule has 0 saturated carbocycles. The Bertz CT molecular complexity index is 1140. The van der Waals surface area contributed by atoms with Crippen molar-refractivity contribution in [3.8, 4) is 0 Å². The number of piperazine rings is 1. The fourth-order valence-corrected chi connectivity index (χ4v) is 6.89. The lowest BCUT2D eigenvalue weighted by atomic mass is 10.1. The highest BCUT2D eigenvalue weighted by Crippen LogP contribution is 2.35. The molecule has 5 nitrogen and oxygen atoms in total. The molecule has 146 valence electrons. The molecule has 1 unspecified atom stereocenters. The van der Waals surface area contributed by atoms with Crippen molar-refractivity contribution in [1.82, 2.24) is 8.87 Å². The van der Waals surface area contributed by atoms with E-state index < -0.39 is 10.0 Å².